The molecule has 0 atom stereocenters. The summed E-state index contributed by atoms with van der Waals surface area (Å²) in [4.78, 5) is 29.0. The van der Waals surface area contributed by atoms with E-state index in [2.05, 4.69) is 36.2 Å². The molecule has 1 fully saturated rings. The van der Waals surface area contributed by atoms with Crippen LogP contribution in [0.4, 0.5) is 11.4 Å². The van der Waals surface area contributed by atoms with Crippen molar-refractivity contribution in [2.45, 2.75) is 19.8 Å². The van der Waals surface area contributed by atoms with Crippen molar-refractivity contribution in [3.05, 3.63) is 108 Å². The van der Waals surface area contributed by atoms with E-state index < -0.39 is 0 Å². The normalized spacial score (nSPS) is 14.1. The zero-order valence-corrected chi connectivity index (χ0v) is 20.9. The van der Waals surface area contributed by atoms with Gasteiger partial charge in [0.15, 0.2) is 0 Å². The average molecular weight is 480 g/mol. The lowest BCUT2D eigenvalue weighted by atomic mass is 10.0. The summed E-state index contributed by atoms with van der Waals surface area (Å²) < 4.78 is 0. The highest BCUT2D eigenvalue weighted by Crippen LogP contribution is 2.20. The summed E-state index contributed by atoms with van der Waals surface area (Å²) in [6, 6.07) is 25.9. The molecule has 1 N–H and O–H groups in total. The Kier molecular flexibility index (Phi) is 8.35. The van der Waals surface area contributed by atoms with E-state index in [0.29, 0.717) is 19.0 Å². The second-order valence-electron chi connectivity index (χ2n) is 9.25. The van der Waals surface area contributed by atoms with Crippen molar-refractivity contribution in [3.8, 4) is 0 Å². The molecule has 3 aromatic carbocycles. The van der Waals surface area contributed by atoms with Gasteiger partial charge >= 0.3 is 0 Å². The van der Waals surface area contributed by atoms with Gasteiger partial charge in [-0.3, -0.25) is 9.59 Å². The zero-order valence-electron chi connectivity index (χ0n) is 20.9. The van der Waals surface area contributed by atoms with Gasteiger partial charge in [0.1, 0.15) is 0 Å². The molecule has 2 amide bonds. The molecule has 0 spiro atoms. The van der Waals surface area contributed by atoms with E-state index in [1.807, 2.05) is 83.8 Å². The van der Waals surface area contributed by atoms with Crippen molar-refractivity contribution in [2.75, 3.05) is 36.4 Å². The van der Waals surface area contributed by atoms with Crippen LogP contribution in [0.2, 0.25) is 0 Å². The van der Waals surface area contributed by atoms with Crippen LogP contribution >= 0.6 is 0 Å². The Morgan fingerprint density at radius 3 is 2.00 bits per heavy atom. The van der Waals surface area contributed by atoms with E-state index in [9.17, 15) is 9.59 Å². The van der Waals surface area contributed by atoms with E-state index in [0.717, 1.165) is 35.6 Å². The maximum absolute atomic E-state index is 12.5. The van der Waals surface area contributed by atoms with Gasteiger partial charge in [-0.25, -0.2) is 0 Å². The lowest BCUT2D eigenvalue weighted by Crippen LogP contribution is -2.48. The summed E-state index contributed by atoms with van der Waals surface area (Å²) in [6.07, 6.45) is 6.89. The predicted molar refractivity (Wildman–Crippen MR) is 149 cm³/mol. The minimum atomic E-state index is -0.161. The van der Waals surface area contributed by atoms with Crippen LogP contribution in [-0.4, -0.2) is 42.9 Å². The summed E-state index contributed by atoms with van der Waals surface area (Å²) in [5.74, 6) is 0.370. The fourth-order valence-electron chi connectivity index (χ4n) is 4.13. The topological polar surface area (TPSA) is 52.7 Å². The third kappa shape index (κ3) is 6.95. The molecule has 1 saturated heterocycles. The van der Waals surface area contributed by atoms with Crippen LogP contribution in [0.25, 0.3) is 12.2 Å². The quantitative estimate of drug-likeness (QED) is 0.434. The van der Waals surface area contributed by atoms with E-state index in [-0.39, 0.29) is 11.8 Å². The fraction of sp³-hybridized carbons (Fsp3) is 0.226. The molecule has 0 radical (unpaired) electrons. The standard InChI is InChI=1S/C31H33N3O2/c1-24(2)27-12-8-26(9-13-27)10-18-30(35)32-28-14-16-29(17-15-28)33-20-22-34(23-21-33)31(36)19-11-25-6-4-3-5-7-25/h3-19,24H,20-23H2,1-2H3,(H,32,35)/b18-10+,19-11+. The van der Waals surface area contributed by atoms with E-state index in [4.69, 9.17) is 0 Å². The summed E-state index contributed by atoms with van der Waals surface area (Å²) in [5.41, 5.74) is 5.14. The lowest BCUT2D eigenvalue weighted by molar-refractivity contribution is -0.126. The molecule has 1 aliphatic rings. The molecule has 0 bridgehead atoms. The number of carbonyl (C=O) groups is 2. The molecule has 0 saturated carbocycles. The summed E-state index contributed by atoms with van der Waals surface area (Å²) in [5, 5.41) is 2.92. The third-order valence-electron chi connectivity index (χ3n) is 6.34. The molecule has 0 aliphatic carbocycles. The van der Waals surface area contributed by atoms with Gasteiger partial charge in [-0.05, 0) is 59.0 Å². The van der Waals surface area contributed by atoms with Crippen molar-refractivity contribution in [3.63, 3.8) is 0 Å². The van der Waals surface area contributed by atoms with Crippen LogP contribution in [-0.2, 0) is 9.59 Å². The highest BCUT2D eigenvalue weighted by atomic mass is 16.2. The number of rotatable bonds is 7. The number of hydrogen-bond donors (Lipinski definition) is 1. The van der Waals surface area contributed by atoms with Crippen molar-refractivity contribution >= 4 is 35.3 Å². The Balaban J connectivity index is 1.25. The first-order chi connectivity index (χ1) is 17.5. The van der Waals surface area contributed by atoms with Gasteiger partial charge in [0.2, 0.25) is 11.8 Å². The molecule has 184 valence electrons. The molecule has 3 aromatic rings. The van der Waals surface area contributed by atoms with E-state index >= 15 is 0 Å². The van der Waals surface area contributed by atoms with Gasteiger partial charge < -0.3 is 15.1 Å². The minimum absolute atomic E-state index is 0.0421. The Morgan fingerprint density at radius 1 is 0.750 bits per heavy atom. The maximum atomic E-state index is 12.5. The third-order valence-corrected chi connectivity index (χ3v) is 6.34. The number of anilines is 2. The Labute approximate surface area is 213 Å². The van der Waals surface area contributed by atoms with Gasteiger partial charge in [0.25, 0.3) is 0 Å². The number of hydrogen-bond acceptors (Lipinski definition) is 3. The number of piperazine rings is 1. The highest BCUT2D eigenvalue weighted by Gasteiger charge is 2.19. The number of nitrogens with zero attached hydrogens (tertiary/aromatic N) is 2. The molecular formula is C31H33N3O2. The summed E-state index contributed by atoms with van der Waals surface area (Å²) in [6.45, 7) is 7.23. The number of carbonyl (C=O) groups excluding carboxylic acids is 2. The minimum Gasteiger partial charge on any atom is -0.368 e. The van der Waals surface area contributed by atoms with Crippen molar-refractivity contribution < 1.29 is 9.59 Å². The maximum Gasteiger partial charge on any atom is 0.248 e. The molecular weight excluding hydrogens is 446 g/mol. The first-order valence-electron chi connectivity index (χ1n) is 12.4. The zero-order chi connectivity index (χ0) is 25.3. The Morgan fingerprint density at radius 2 is 1.36 bits per heavy atom. The van der Waals surface area contributed by atoms with Crippen LogP contribution in [0.15, 0.2) is 91.0 Å². The van der Waals surface area contributed by atoms with Crippen molar-refractivity contribution in [2.24, 2.45) is 0 Å². The van der Waals surface area contributed by atoms with Crippen LogP contribution < -0.4 is 10.2 Å². The van der Waals surface area contributed by atoms with E-state index in [1.54, 1.807) is 12.2 Å². The molecule has 5 heteroatoms. The Hall–Kier alpha value is -4.12. The van der Waals surface area contributed by atoms with Crippen LogP contribution in [0.3, 0.4) is 0 Å². The van der Waals surface area contributed by atoms with E-state index in [1.165, 1.54) is 5.56 Å². The molecule has 0 aromatic heterocycles. The first kappa shape index (κ1) is 25.0. The number of nitrogens with one attached hydrogen (secondary N) is 1. The highest BCUT2D eigenvalue weighted by molar-refractivity contribution is 6.02. The second kappa shape index (κ2) is 12.0. The SMILES string of the molecule is CC(C)c1ccc(/C=C/C(=O)Nc2ccc(N3CCN(C(=O)/C=C/c4ccccc4)CC3)cc2)cc1. The fourth-order valence-corrected chi connectivity index (χ4v) is 4.13. The van der Waals surface area contributed by atoms with Crippen molar-refractivity contribution in [1.82, 2.24) is 4.90 Å². The van der Waals surface area contributed by atoms with Crippen LogP contribution in [0.1, 0.15) is 36.5 Å². The summed E-state index contributed by atoms with van der Waals surface area (Å²) >= 11 is 0. The Bertz CT molecular complexity index is 1200. The lowest BCUT2D eigenvalue weighted by Gasteiger charge is -2.35. The van der Waals surface area contributed by atoms with Gasteiger partial charge in [0.05, 0.1) is 0 Å². The smallest absolute Gasteiger partial charge is 0.248 e. The average Bonchev–Trinajstić information content (AvgIpc) is 2.92. The number of benzene rings is 3. The van der Waals surface area contributed by atoms with Crippen molar-refractivity contribution in [1.29, 1.82) is 0 Å². The first-order valence-corrected chi connectivity index (χ1v) is 12.4. The molecule has 5 nitrogen and oxygen atoms in total. The van der Waals surface area contributed by atoms with Gasteiger partial charge in [-0.1, -0.05) is 68.4 Å². The van der Waals surface area contributed by atoms with Crippen LogP contribution in [0, 0.1) is 0 Å². The van der Waals surface area contributed by atoms with Gasteiger partial charge in [-0.15, -0.1) is 0 Å². The van der Waals surface area contributed by atoms with Gasteiger partial charge in [-0.2, -0.15) is 0 Å². The molecule has 36 heavy (non-hydrogen) atoms. The molecule has 0 unspecified atom stereocenters. The monoisotopic (exact) mass is 479 g/mol. The van der Waals surface area contributed by atoms with Crippen LogP contribution in [0.5, 0.6) is 0 Å². The second-order valence-corrected chi connectivity index (χ2v) is 9.25. The summed E-state index contributed by atoms with van der Waals surface area (Å²) in [7, 11) is 0. The predicted octanol–water partition coefficient (Wildman–Crippen LogP) is 5.82. The largest absolute Gasteiger partial charge is 0.368 e. The number of amides is 2. The molecule has 1 heterocycles. The van der Waals surface area contributed by atoms with Gasteiger partial charge in [0, 0.05) is 49.7 Å². The molecule has 4 rings (SSSR count). The molecule has 1 aliphatic heterocycles.